The third kappa shape index (κ3) is 4.50. The number of hydrogen-bond acceptors (Lipinski definition) is 7. The number of ether oxygens (including phenoxy) is 1. The number of pyridine rings is 3. The summed E-state index contributed by atoms with van der Waals surface area (Å²) in [6.45, 7) is 1.18. The molecule has 0 spiro atoms. The molecule has 10 heteroatoms. The molecule has 0 bridgehead atoms. The summed E-state index contributed by atoms with van der Waals surface area (Å²) < 4.78 is 20.3. The van der Waals surface area contributed by atoms with Crippen molar-refractivity contribution in [3.63, 3.8) is 0 Å². The number of hydrogen-bond donors (Lipinski definition) is 2. The highest BCUT2D eigenvalue weighted by Gasteiger charge is 2.18. The van der Waals surface area contributed by atoms with Gasteiger partial charge in [0.05, 0.1) is 22.4 Å². The topological polar surface area (TPSA) is 108 Å². The van der Waals surface area contributed by atoms with E-state index in [1.807, 2.05) is 61.5 Å². The van der Waals surface area contributed by atoms with Gasteiger partial charge in [0.2, 0.25) is 0 Å². The highest BCUT2D eigenvalue weighted by molar-refractivity contribution is 5.95. The monoisotopic (exact) mass is 494 g/mol. The zero-order valence-corrected chi connectivity index (χ0v) is 20.2. The Labute approximate surface area is 211 Å². The first-order valence-corrected chi connectivity index (χ1v) is 11.8. The van der Waals surface area contributed by atoms with Crippen LogP contribution in [0.2, 0.25) is 0 Å². The van der Waals surface area contributed by atoms with E-state index in [0.29, 0.717) is 46.1 Å². The zero-order chi connectivity index (χ0) is 25.4. The number of likely N-dealkylation sites (N-methyl/N-ethyl adjacent to an activating group) is 1. The Balaban J connectivity index is 1.41. The van der Waals surface area contributed by atoms with Crippen molar-refractivity contribution in [1.29, 1.82) is 0 Å². The first-order valence-electron chi connectivity index (χ1n) is 11.8. The molecule has 0 radical (unpaired) electrons. The Kier molecular flexibility index (Phi) is 5.78. The smallest absolute Gasteiger partial charge is 0.178 e. The van der Waals surface area contributed by atoms with Gasteiger partial charge in [0.15, 0.2) is 17.2 Å². The lowest BCUT2D eigenvalue weighted by Crippen LogP contribution is -2.19. The molecule has 37 heavy (non-hydrogen) atoms. The number of imidazole rings is 1. The van der Waals surface area contributed by atoms with Gasteiger partial charge in [0, 0.05) is 30.6 Å². The van der Waals surface area contributed by atoms with Gasteiger partial charge in [0.25, 0.3) is 0 Å². The van der Waals surface area contributed by atoms with E-state index in [-0.39, 0.29) is 5.82 Å². The van der Waals surface area contributed by atoms with E-state index in [1.165, 1.54) is 12.1 Å². The summed E-state index contributed by atoms with van der Waals surface area (Å²) in [5.74, 6) is 0.587. The second-order valence-electron chi connectivity index (χ2n) is 8.85. The van der Waals surface area contributed by atoms with Crippen molar-refractivity contribution in [2.45, 2.75) is 0 Å². The Bertz CT molecular complexity index is 1710. The molecule has 0 fully saturated rings. The van der Waals surface area contributed by atoms with Crippen LogP contribution in [0.15, 0.2) is 67.0 Å². The summed E-state index contributed by atoms with van der Waals surface area (Å²) >= 11 is 0. The van der Waals surface area contributed by atoms with Crippen molar-refractivity contribution in [3.05, 3.63) is 72.8 Å². The molecule has 0 saturated heterocycles. The fourth-order valence-corrected chi connectivity index (χ4v) is 4.13. The molecule has 0 aliphatic rings. The van der Waals surface area contributed by atoms with Gasteiger partial charge in [-0.1, -0.05) is 6.07 Å². The van der Waals surface area contributed by atoms with Crippen molar-refractivity contribution in [2.24, 2.45) is 0 Å². The quantitative estimate of drug-likeness (QED) is 0.331. The highest BCUT2D eigenvalue weighted by Crippen LogP contribution is 2.32. The maximum absolute atomic E-state index is 14.5. The standard InChI is InChI=1S/C27H23FN8O/c1-36(2)11-12-37-18-14-16(13-17(28)15-18)19-8-10-30-26-23(19)32-27(33-26)25-24-22(34-35-25)7-6-21(31-24)20-5-3-4-9-29-20/h3-10,13-15H,11-12H2,1-2H3,(H,34,35)(H,30,32,33). The number of H-pyrrole nitrogens is 2. The number of nitrogens with zero attached hydrogens (tertiary/aromatic N) is 6. The maximum atomic E-state index is 14.5. The normalized spacial score (nSPS) is 11.6. The van der Waals surface area contributed by atoms with Crippen LogP contribution >= 0.6 is 0 Å². The molecule has 5 heterocycles. The van der Waals surface area contributed by atoms with Crippen LogP contribution in [0.1, 0.15) is 0 Å². The largest absolute Gasteiger partial charge is 0.492 e. The Morgan fingerprint density at radius 2 is 1.86 bits per heavy atom. The average molecular weight is 495 g/mol. The first kappa shape index (κ1) is 22.7. The van der Waals surface area contributed by atoms with E-state index in [1.54, 1.807) is 12.4 Å². The molecule has 0 atom stereocenters. The second-order valence-corrected chi connectivity index (χ2v) is 8.85. The number of halogens is 1. The molecule has 1 aromatic carbocycles. The van der Waals surface area contributed by atoms with Crippen molar-refractivity contribution in [2.75, 3.05) is 27.2 Å². The van der Waals surface area contributed by atoms with Gasteiger partial charge in [-0.05, 0) is 62.1 Å². The Morgan fingerprint density at radius 3 is 2.70 bits per heavy atom. The molecule has 0 aliphatic carbocycles. The van der Waals surface area contributed by atoms with Crippen molar-refractivity contribution >= 4 is 22.2 Å². The van der Waals surface area contributed by atoms with Gasteiger partial charge < -0.3 is 14.6 Å². The van der Waals surface area contributed by atoms with Gasteiger partial charge in [-0.15, -0.1) is 0 Å². The molecule has 9 nitrogen and oxygen atoms in total. The number of aromatic nitrogens is 7. The Hall–Kier alpha value is -4.70. The Morgan fingerprint density at radius 1 is 0.946 bits per heavy atom. The summed E-state index contributed by atoms with van der Waals surface area (Å²) in [7, 11) is 3.92. The maximum Gasteiger partial charge on any atom is 0.178 e. The van der Waals surface area contributed by atoms with Gasteiger partial charge in [-0.25, -0.2) is 19.3 Å². The molecular weight excluding hydrogens is 471 g/mol. The third-order valence-electron chi connectivity index (χ3n) is 5.94. The van der Waals surface area contributed by atoms with Gasteiger partial charge in [-0.2, -0.15) is 5.10 Å². The molecule has 0 amide bonds. The van der Waals surface area contributed by atoms with Crippen LogP contribution < -0.4 is 4.74 Å². The predicted molar refractivity (Wildman–Crippen MR) is 139 cm³/mol. The second kappa shape index (κ2) is 9.40. The van der Waals surface area contributed by atoms with E-state index in [9.17, 15) is 4.39 Å². The van der Waals surface area contributed by atoms with Crippen molar-refractivity contribution in [1.82, 2.24) is 40.0 Å². The number of rotatable bonds is 7. The number of aromatic amines is 2. The number of benzene rings is 1. The molecule has 0 saturated carbocycles. The van der Waals surface area contributed by atoms with Gasteiger partial charge in [-0.3, -0.25) is 10.1 Å². The van der Waals surface area contributed by atoms with E-state index >= 15 is 0 Å². The number of fused-ring (bicyclic) bond motifs is 2. The van der Waals surface area contributed by atoms with Crippen molar-refractivity contribution < 1.29 is 9.13 Å². The minimum atomic E-state index is -0.383. The van der Waals surface area contributed by atoms with Gasteiger partial charge >= 0.3 is 0 Å². The predicted octanol–water partition coefficient (Wildman–Crippen LogP) is 4.70. The lowest BCUT2D eigenvalue weighted by atomic mass is 10.1. The number of nitrogens with one attached hydrogen (secondary N) is 2. The SMILES string of the molecule is CN(C)CCOc1cc(F)cc(-c2ccnc3nc(-c4n[nH]c5ccc(-c6ccccn6)nc45)[nH]c23)c1. The summed E-state index contributed by atoms with van der Waals surface area (Å²) in [4.78, 5) is 23.6. The fourth-order valence-electron chi connectivity index (χ4n) is 4.13. The molecule has 0 unspecified atom stereocenters. The molecule has 0 aliphatic heterocycles. The van der Waals surface area contributed by atoms with Gasteiger partial charge in [0.1, 0.15) is 23.7 Å². The minimum Gasteiger partial charge on any atom is -0.492 e. The van der Waals surface area contributed by atoms with Crippen LogP contribution in [0, 0.1) is 5.82 Å². The minimum absolute atomic E-state index is 0.383. The van der Waals surface area contributed by atoms with Crippen LogP contribution in [0.25, 0.3) is 56.2 Å². The summed E-state index contributed by atoms with van der Waals surface area (Å²) in [6, 6.07) is 16.0. The first-order chi connectivity index (χ1) is 18.0. The summed E-state index contributed by atoms with van der Waals surface area (Å²) in [6.07, 6.45) is 3.38. The molecule has 6 rings (SSSR count). The highest BCUT2D eigenvalue weighted by atomic mass is 19.1. The van der Waals surface area contributed by atoms with E-state index in [2.05, 4.69) is 30.1 Å². The summed E-state index contributed by atoms with van der Waals surface area (Å²) in [5.41, 5.74) is 6.05. The molecular formula is C27H23FN8O. The molecule has 5 aromatic heterocycles. The third-order valence-corrected chi connectivity index (χ3v) is 5.94. The van der Waals surface area contributed by atoms with E-state index in [0.717, 1.165) is 29.0 Å². The van der Waals surface area contributed by atoms with Crippen LogP contribution in [-0.4, -0.2) is 67.3 Å². The van der Waals surface area contributed by atoms with E-state index < -0.39 is 0 Å². The van der Waals surface area contributed by atoms with Crippen LogP contribution in [-0.2, 0) is 0 Å². The molecule has 2 N–H and O–H groups in total. The lowest BCUT2D eigenvalue weighted by Gasteiger charge is -2.12. The fraction of sp³-hybridized carbons (Fsp3) is 0.148. The molecule has 6 aromatic rings. The van der Waals surface area contributed by atoms with Crippen molar-refractivity contribution in [3.8, 4) is 39.8 Å². The van der Waals surface area contributed by atoms with Crippen LogP contribution in [0.4, 0.5) is 4.39 Å². The lowest BCUT2D eigenvalue weighted by molar-refractivity contribution is 0.260. The van der Waals surface area contributed by atoms with E-state index in [4.69, 9.17) is 9.72 Å². The average Bonchev–Trinajstić information content (AvgIpc) is 3.52. The van der Waals surface area contributed by atoms with Crippen LogP contribution in [0.3, 0.4) is 0 Å². The zero-order valence-electron chi connectivity index (χ0n) is 20.2. The summed E-state index contributed by atoms with van der Waals surface area (Å²) in [5, 5.41) is 7.48. The van der Waals surface area contributed by atoms with Crippen LogP contribution in [0.5, 0.6) is 5.75 Å². The molecule has 184 valence electrons.